The van der Waals surface area contributed by atoms with Gasteiger partial charge < -0.3 is 10.1 Å². The summed E-state index contributed by atoms with van der Waals surface area (Å²) in [6, 6.07) is 23.3. The Balaban J connectivity index is 1.62. The molecule has 0 radical (unpaired) electrons. The molecule has 0 aliphatic rings. The number of hydrogen-bond acceptors (Lipinski definition) is 8. The van der Waals surface area contributed by atoms with Crippen molar-refractivity contribution in [2.75, 3.05) is 16.6 Å². The van der Waals surface area contributed by atoms with Crippen molar-refractivity contribution in [1.29, 1.82) is 0 Å². The van der Waals surface area contributed by atoms with Crippen molar-refractivity contribution in [2.45, 2.75) is 18.7 Å². The van der Waals surface area contributed by atoms with E-state index >= 15 is 0 Å². The Hall–Kier alpha value is -4.28. The minimum absolute atomic E-state index is 0.0106. The van der Waals surface area contributed by atoms with Gasteiger partial charge in [-0.3, -0.25) is 4.72 Å². The second-order valence-electron chi connectivity index (χ2n) is 8.35. The van der Waals surface area contributed by atoms with E-state index in [0.29, 0.717) is 32.7 Å². The average Bonchev–Trinajstić information content (AvgIpc) is 3.33. The SMILES string of the molecule is CCOC(=O)c1c(-c2ccccc2)csc1Nc1nc2ccccc2nc1NS(=O)(=O)c1ccccc1C. The van der Waals surface area contributed by atoms with E-state index in [1.807, 2.05) is 41.8 Å². The number of ether oxygens (including phenoxy) is 1. The van der Waals surface area contributed by atoms with Crippen molar-refractivity contribution in [3.8, 4) is 11.1 Å². The number of rotatable bonds is 8. The number of hydrogen-bond donors (Lipinski definition) is 2. The number of aromatic nitrogens is 2. The molecular weight excluding hydrogens is 520 g/mol. The summed E-state index contributed by atoms with van der Waals surface area (Å²) in [5.41, 5.74) is 3.57. The fraction of sp³-hybridized carbons (Fsp3) is 0.107. The molecule has 0 spiro atoms. The molecule has 0 atom stereocenters. The molecule has 5 rings (SSSR count). The molecule has 2 N–H and O–H groups in total. The summed E-state index contributed by atoms with van der Waals surface area (Å²) in [6.07, 6.45) is 0. The molecule has 0 fully saturated rings. The van der Waals surface area contributed by atoms with Gasteiger partial charge in [-0.25, -0.2) is 23.2 Å². The molecule has 10 heteroatoms. The van der Waals surface area contributed by atoms with Crippen LogP contribution in [-0.2, 0) is 14.8 Å². The maximum atomic E-state index is 13.3. The maximum Gasteiger partial charge on any atom is 0.341 e. The number of carbonyl (C=O) groups is 1. The van der Waals surface area contributed by atoms with E-state index < -0.39 is 16.0 Å². The van der Waals surface area contributed by atoms with Crippen LogP contribution < -0.4 is 10.0 Å². The van der Waals surface area contributed by atoms with Crippen LogP contribution in [0.25, 0.3) is 22.2 Å². The second-order valence-corrected chi connectivity index (χ2v) is 10.9. The zero-order chi connectivity index (χ0) is 26.7. The minimum Gasteiger partial charge on any atom is -0.462 e. The maximum absolute atomic E-state index is 13.3. The highest BCUT2D eigenvalue weighted by molar-refractivity contribution is 7.92. The lowest BCUT2D eigenvalue weighted by Gasteiger charge is -2.15. The van der Waals surface area contributed by atoms with Gasteiger partial charge in [0, 0.05) is 10.9 Å². The van der Waals surface area contributed by atoms with Gasteiger partial charge in [-0.15, -0.1) is 11.3 Å². The van der Waals surface area contributed by atoms with Gasteiger partial charge in [-0.2, -0.15) is 0 Å². The topological polar surface area (TPSA) is 110 Å². The molecule has 0 saturated carbocycles. The largest absolute Gasteiger partial charge is 0.462 e. The number of nitrogens with zero attached hydrogens (tertiary/aromatic N) is 2. The zero-order valence-corrected chi connectivity index (χ0v) is 22.3. The van der Waals surface area contributed by atoms with E-state index in [0.717, 1.165) is 5.56 Å². The molecule has 0 aliphatic carbocycles. The van der Waals surface area contributed by atoms with Crippen LogP contribution >= 0.6 is 11.3 Å². The molecule has 5 aromatic rings. The smallest absolute Gasteiger partial charge is 0.341 e. The quantitative estimate of drug-likeness (QED) is 0.218. The van der Waals surface area contributed by atoms with Gasteiger partial charge in [0.1, 0.15) is 10.6 Å². The van der Waals surface area contributed by atoms with E-state index in [9.17, 15) is 13.2 Å². The summed E-state index contributed by atoms with van der Waals surface area (Å²) < 4.78 is 34.6. The van der Waals surface area contributed by atoms with E-state index in [1.54, 1.807) is 50.2 Å². The van der Waals surface area contributed by atoms with Crippen molar-refractivity contribution in [3.63, 3.8) is 0 Å². The molecule has 2 heterocycles. The number of para-hydroxylation sites is 2. The highest BCUT2D eigenvalue weighted by Crippen LogP contribution is 2.39. The Morgan fingerprint density at radius 2 is 1.53 bits per heavy atom. The van der Waals surface area contributed by atoms with E-state index in [4.69, 9.17) is 4.74 Å². The van der Waals surface area contributed by atoms with Crippen LogP contribution in [0, 0.1) is 6.92 Å². The highest BCUT2D eigenvalue weighted by atomic mass is 32.2. The molecule has 2 aromatic heterocycles. The number of thiophene rings is 1. The number of esters is 1. The van der Waals surface area contributed by atoms with Crippen LogP contribution in [0.2, 0.25) is 0 Å². The second kappa shape index (κ2) is 10.6. The Labute approximate surface area is 224 Å². The predicted molar refractivity (Wildman–Crippen MR) is 151 cm³/mol. The molecule has 0 saturated heterocycles. The fourth-order valence-corrected chi connectivity index (χ4v) is 6.20. The Morgan fingerprint density at radius 3 is 2.21 bits per heavy atom. The van der Waals surface area contributed by atoms with Crippen LogP contribution in [0.1, 0.15) is 22.8 Å². The van der Waals surface area contributed by atoms with Crippen LogP contribution in [0.5, 0.6) is 0 Å². The molecule has 0 bridgehead atoms. The highest BCUT2D eigenvalue weighted by Gasteiger charge is 2.25. The standard InChI is InChI=1S/C28H24N4O4S2/c1-3-36-28(33)24-20(19-12-5-4-6-13-19)17-37-27(24)31-25-26(30-22-15-9-8-14-21(22)29-25)32-38(34,35)23-16-10-7-11-18(23)2/h4-17H,3H2,1-2H3,(H,29,31)(H,30,32). The Bertz CT molecular complexity index is 1730. The van der Waals surface area contributed by atoms with Crippen molar-refractivity contribution in [2.24, 2.45) is 0 Å². The number of benzene rings is 3. The van der Waals surface area contributed by atoms with Crippen LogP contribution in [0.15, 0.2) is 89.1 Å². The summed E-state index contributed by atoms with van der Waals surface area (Å²) in [6.45, 7) is 3.68. The fourth-order valence-electron chi connectivity index (χ4n) is 3.99. The first kappa shape index (κ1) is 25.4. The van der Waals surface area contributed by atoms with Gasteiger partial charge in [0.05, 0.1) is 22.5 Å². The summed E-state index contributed by atoms with van der Waals surface area (Å²) in [5.74, 6) is -0.324. The third kappa shape index (κ3) is 5.09. The third-order valence-corrected chi connectivity index (χ3v) is 8.17. The first-order valence-corrected chi connectivity index (χ1v) is 14.2. The molecule has 192 valence electrons. The van der Waals surface area contributed by atoms with Gasteiger partial charge in [-0.1, -0.05) is 60.7 Å². The number of fused-ring (bicyclic) bond motifs is 1. The molecular formula is C28H24N4O4S2. The van der Waals surface area contributed by atoms with E-state index in [-0.39, 0.29) is 23.1 Å². The average molecular weight is 545 g/mol. The molecule has 0 unspecified atom stereocenters. The minimum atomic E-state index is -3.98. The summed E-state index contributed by atoms with van der Waals surface area (Å²) in [5, 5.41) is 5.49. The van der Waals surface area contributed by atoms with Gasteiger partial charge in [0.15, 0.2) is 11.6 Å². The predicted octanol–water partition coefficient (Wildman–Crippen LogP) is 6.39. The number of anilines is 3. The number of nitrogens with one attached hydrogen (secondary N) is 2. The lowest BCUT2D eigenvalue weighted by atomic mass is 10.0. The first-order chi connectivity index (χ1) is 18.4. The van der Waals surface area contributed by atoms with E-state index in [2.05, 4.69) is 20.0 Å². The van der Waals surface area contributed by atoms with Crippen molar-refractivity contribution in [1.82, 2.24) is 9.97 Å². The monoisotopic (exact) mass is 544 g/mol. The van der Waals surface area contributed by atoms with Crippen LogP contribution in [0.4, 0.5) is 16.6 Å². The van der Waals surface area contributed by atoms with Crippen molar-refractivity contribution < 1.29 is 17.9 Å². The van der Waals surface area contributed by atoms with Crippen LogP contribution in [0.3, 0.4) is 0 Å². The number of carbonyl (C=O) groups excluding carboxylic acids is 1. The van der Waals surface area contributed by atoms with Crippen LogP contribution in [-0.4, -0.2) is 31.0 Å². The number of sulfonamides is 1. The molecule has 0 amide bonds. The van der Waals surface area contributed by atoms with Gasteiger partial charge in [0.25, 0.3) is 10.0 Å². The van der Waals surface area contributed by atoms with E-state index in [1.165, 1.54) is 17.4 Å². The summed E-state index contributed by atoms with van der Waals surface area (Å²) >= 11 is 1.29. The molecule has 8 nitrogen and oxygen atoms in total. The third-order valence-electron chi connectivity index (χ3n) is 5.77. The lowest BCUT2D eigenvalue weighted by molar-refractivity contribution is 0.0529. The number of aryl methyl sites for hydroxylation is 1. The van der Waals surface area contributed by atoms with Gasteiger partial charge >= 0.3 is 5.97 Å². The van der Waals surface area contributed by atoms with Gasteiger partial charge in [0.2, 0.25) is 0 Å². The Kier molecular flexibility index (Phi) is 7.08. The molecule has 38 heavy (non-hydrogen) atoms. The summed E-state index contributed by atoms with van der Waals surface area (Å²) in [7, 11) is -3.98. The molecule has 0 aliphatic heterocycles. The normalized spacial score (nSPS) is 11.3. The Morgan fingerprint density at radius 1 is 0.895 bits per heavy atom. The van der Waals surface area contributed by atoms with Gasteiger partial charge in [-0.05, 0) is 43.2 Å². The van der Waals surface area contributed by atoms with Crippen molar-refractivity contribution >= 4 is 55.0 Å². The summed E-state index contributed by atoms with van der Waals surface area (Å²) in [4.78, 5) is 22.4. The molecule has 3 aromatic carbocycles. The van der Waals surface area contributed by atoms with Crippen molar-refractivity contribution in [3.05, 3.63) is 95.4 Å². The zero-order valence-electron chi connectivity index (χ0n) is 20.6. The lowest BCUT2D eigenvalue weighted by Crippen LogP contribution is -2.17. The first-order valence-electron chi connectivity index (χ1n) is 11.8.